The van der Waals surface area contributed by atoms with Crippen LogP contribution in [0.25, 0.3) is 0 Å². The maximum atomic E-state index is 13.7. The van der Waals surface area contributed by atoms with Crippen molar-refractivity contribution in [1.29, 1.82) is 0 Å². The van der Waals surface area contributed by atoms with Crippen molar-refractivity contribution >= 4 is 29.1 Å². The number of carbonyl (C=O) groups is 1. The minimum Gasteiger partial charge on any atom is -0.340 e. The quantitative estimate of drug-likeness (QED) is 0.811. The zero-order valence-corrected chi connectivity index (χ0v) is 14.5. The van der Waals surface area contributed by atoms with Crippen LogP contribution in [-0.4, -0.2) is 16.0 Å². The van der Waals surface area contributed by atoms with E-state index in [0.29, 0.717) is 24.6 Å². The lowest BCUT2D eigenvalue weighted by Gasteiger charge is -2.35. The Morgan fingerprint density at radius 2 is 1.96 bits per heavy atom. The Balaban J connectivity index is 1.93. The Hall–Kier alpha value is -1.66. The van der Waals surface area contributed by atoms with Crippen LogP contribution in [0.15, 0.2) is 16.7 Å². The van der Waals surface area contributed by atoms with Crippen molar-refractivity contribution in [1.82, 2.24) is 15.5 Å². The molecule has 1 aromatic heterocycles. The highest BCUT2D eigenvalue weighted by molar-refractivity contribution is 6.36. The number of nitrogens with zero attached hydrogens (tertiary/aromatic N) is 2. The van der Waals surface area contributed by atoms with Gasteiger partial charge in [0, 0.05) is 6.92 Å². The summed E-state index contributed by atoms with van der Waals surface area (Å²) in [6.07, 6.45) is 4.30. The molecule has 0 saturated heterocycles. The molecule has 0 radical (unpaired) electrons. The number of halogens is 3. The van der Waals surface area contributed by atoms with Crippen molar-refractivity contribution in [3.05, 3.63) is 45.3 Å². The number of hydrogen-bond donors (Lipinski definition) is 1. The molecule has 1 aromatic carbocycles. The maximum absolute atomic E-state index is 13.7. The number of hydrogen-bond acceptors (Lipinski definition) is 4. The molecule has 0 spiro atoms. The lowest BCUT2D eigenvalue weighted by atomic mass is 9.80. The number of aryl methyl sites for hydroxylation is 1. The average Bonchev–Trinajstić information content (AvgIpc) is 2.99. The number of nitrogens with one attached hydrogen (secondary N) is 1. The molecule has 128 valence electrons. The molecule has 1 N–H and O–H groups in total. The molecule has 1 aliphatic rings. The van der Waals surface area contributed by atoms with E-state index in [2.05, 4.69) is 15.5 Å². The second-order valence-corrected chi connectivity index (χ2v) is 6.79. The standard InChI is InChI=1S/C16H16Cl2FN3O2/c1-9-20-15(22-24-9)16(5-3-2-4-6-16)21-14(23)10-7-13(19)12(18)8-11(10)17/h7-8H,2-6H2,1H3,(H,21,23). The summed E-state index contributed by atoms with van der Waals surface area (Å²) in [5.74, 6) is -0.308. The average molecular weight is 372 g/mol. The van der Waals surface area contributed by atoms with Gasteiger partial charge in [-0.25, -0.2) is 4.39 Å². The van der Waals surface area contributed by atoms with E-state index in [0.717, 1.165) is 25.3 Å². The van der Waals surface area contributed by atoms with Crippen LogP contribution >= 0.6 is 23.2 Å². The Morgan fingerprint density at radius 1 is 1.25 bits per heavy atom. The summed E-state index contributed by atoms with van der Waals surface area (Å²) < 4.78 is 18.8. The SMILES string of the molecule is Cc1nc(C2(NC(=O)c3cc(F)c(Cl)cc3Cl)CCCCC2)no1. The molecule has 24 heavy (non-hydrogen) atoms. The van der Waals surface area contributed by atoms with Crippen LogP contribution in [0.1, 0.15) is 54.2 Å². The Kier molecular flexibility index (Phi) is 4.78. The van der Waals surface area contributed by atoms with E-state index in [-0.39, 0.29) is 15.6 Å². The second kappa shape index (κ2) is 6.69. The topological polar surface area (TPSA) is 68.0 Å². The largest absolute Gasteiger partial charge is 0.340 e. The molecule has 0 bridgehead atoms. The third kappa shape index (κ3) is 3.26. The van der Waals surface area contributed by atoms with Crippen LogP contribution in [-0.2, 0) is 5.54 Å². The van der Waals surface area contributed by atoms with Crippen molar-refractivity contribution in [2.45, 2.75) is 44.6 Å². The highest BCUT2D eigenvalue weighted by Gasteiger charge is 2.40. The number of rotatable bonds is 3. The predicted molar refractivity (Wildman–Crippen MR) is 87.7 cm³/mol. The number of amides is 1. The summed E-state index contributed by atoms with van der Waals surface area (Å²) in [7, 11) is 0. The maximum Gasteiger partial charge on any atom is 0.253 e. The monoisotopic (exact) mass is 371 g/mol. The number of aromatic nitrogens is 2. The van der Waals surface area contributed by atoms with Gasteiger partial charge in [0.15, 0.2) is 5.82 Å². The summed E-state index contributed by atoms with van der Waals surface area (Å²) in [4.78, 5) is 17.0. The highest BCUT2D eigenvalue weighted by atomic mass is 35.5. The first-order chi connectivity index (χ1) is 11.4. The minimum atomic E-state index is -0.730. The van der Waals surface area contributed by atoms with Gasteiger partial charge >= 0.3 is 0 Å². The minimum absolute atomic E-state index is 0.0312. The lowest BCUT2D eigenvalue weighted by molar-refractivity contribution is 0.0855. The van der Waals surface area contributed by atoms with E-state index in [1.165, 1.54) is 6.07 Å². The Bertz CT molecular complexity index is 773. The van der Waals surface area contributed by atoms with Crippen molar-refractivity contribution < 1.29 is 13.7 Å². The normalized spacial score (nSPS) is 16.8. The fourth-order valence-corrected chi connectivity index (χ4v) is 3.50. The Morgan fingerprint density at radius 3 is 2.58 bits per heavy atom. The van der Waals surface area contributed by atoms with E-state index in [4.69, 9.17) is 27.7 Å². The molecule has 1 fully saturated rings. The first kappa shape index (κ1) is 17.2. The molecule has 0 aliphatic heterocycles. The molecular formula is C16H16Cl2FN3O2. The van der Waals surface area contributed by atoms with Crippen LogP contribution in [0.4, 0.5) is 4.39 Å². The van der Waals surface area contributed by atoms with Crippen molar-refractivity contribution in [3.63, 3.8) is 0 Å². The van der Waals surface area contributed by atoms with Gasteiger partial charge in [0.05, 0.1) is 15.6 Å². The molecule has 2 aromatic rings. The van der Waals surface area contributed by atoms with Crippen molar-refractivity contribution in [2.24, 2.45) is 0 Å². The first-order valence-electron chi connectivity index (χ1n) is 7.69. The van der Waals surface area contributed by atoms with Gasteiger partial charge in [-0.2, -0.15) is 4.98 Å². The highest BCUT2D eigenvalue weighted by Crippen LogP contribution is 2.36. The molecule has 1 heterocycles. The molecule has 1 amide bonds. The van der Waals surface area contributed by atoms with Crippen LogP contribution < -0.4 is 5.32 Å². The van der Waals surface area contributed by atoms with Gasteiger partial charge in [0.2, 0.25) is 5.89 Å². The van der Waals surface area contributed by atoms with Crippen molar-refractivity contribution in [2.75, 3.05) is 0 Å². The van der Waals surface area contributed by atoms with Crippen molar-refractivity contribution in [3.8, 4) is 0 Å². The summed E-state index contributed by atoms with van der Waals surface area (Å²) in [5, 5.41) is 6.90. The van der Waals surface area contributed by atoms with E-state index >= 15 is 0 Å². The fraction of sp³-hybridized carbons (Fsp3) is 0.438. The van der Waals surface area contributed by atoms with E-state index in [9.17, 15) is 9.18 Å². The van der Waals surface area contributed by atoms with Crippen LogP contribution in [0.5, 0.6) is 0 Å². The second-order valence-electron chi connectivity index (χ2n) is 5.98. The Labute approximate surface area is 148 Å². The molecular weight excluding hydrogens is 356 g/mol. The fourth-order valence-electron chi connectivity index (χ4n) is 3.03. The van der Waals surface area contributed by atoms with Crippen LogP contribution in [0, 0.1) is 12.7 Å². The predicted octanol–water partition coefficient (Wildman–Crippen LogP) is 4.41. The van der Waals surface area contributed by atoms with Gasteiger partial charge in [-0.05, 0) is 25.0 Å². The van der Waals surface area contributed by atoms with Gasteiger partial charge in [0.1, 0.15) is 11.4 Å². The first-order valence-corrected chi connectivity index (χ1v) is 8.45. The van der Waals surface area contributed by atoms with Gasteiger partial charge < -0.3 is 9.84 Å². The van der Waals surface area contributed by atoms with Gasteiger partial charge in [0.25, 0.3) is 5.91 Å². The molecule has 1 saturated carbocycles. The zero-order valence-electron chi connectivity index (χ0n) is 13.0. The van der Waals surface area contributed by atoms with E-state index in [1.54, 1.807) is 6.92 Å². The lowest BCUT2D eigenvalue weighted by Crippen LogP contribution is -2.48. The molecule has 5 nitrogen and oxygen atoms in total. The van der Waals surface area contributed by atoms with E-state index < -0.39 is 17.3 Å². The molecule has 0 unspecified atom stereocenters. The summed E-state index contributed by atoms with van der Waals surface area (Å²) in [6, 6.07) is 2.26. The third-order valence-electron chi connectivity index (χ3n) is 4.27. The number of carbonyl (C=O) groups excluding carboxylic acids is 1. The number of benzene rings is 1. The smallest absolute Gasteiger partial charge is 0.253 e. The van der Waals surface area contributed by atoms with Crippen LogP contribution in [0.3, 0.4) is 0 Å². The zero-order chi connectivity index (χ0) is 17.3. The molecule has 8 heteroatoms. The summed E-state index contributed by atoms with van der Waals surface area (Å²) in [6.45, 7) is 1.69. The van der Waals surface area contributed by atoms with Gasteiger partial charge in [-0.1, -0.05) is 47.6 Å². The summed E-state index contributed by atoms with van der Waals surface area (Å²) >= 11 is 11.7. The molecule has 3 rings (SSSR count). The van der Waals surface area contributed by atoms with Crippen LogP contribution in [0.2, 0.25) is 10.0 Å². The van der Waals surface area contributed by atoms with Gasteiger partial charge in [-0.15, -0.1) is 0 Å². The van der Waals surface area contributed by atoms with Gasteiger partial charge in [-0.3, -0.25) is 4.79 Å². The summed E-state index contributed by atoms with van der Waals surface area (Å²) in [5.41, 5.74) is -0.698. The molecule has 0 atom stereocenters. The molecule has 1 aliphatic carbocycles. The third-order valence-corrected chi connectivity index (χ3v) is 4.87. The van der Waals surface area contributed by atoms with E-state index in [1.807, 2.05) is 0 Å².